The van der Waals surface area contributed by atoms with Crippen molar-refractivity contribution in [1.29, 1.82) is 0 Å². The van der Waals surface area contributed by atoms with Crippen LogP contribution in [0.4, 0.5) is 13.2 Å². The molecule has 1 saturated carbocycles. The van der Waals surface area contributed by atoms with Gasteiger partial charge >= 0.3 is 6.18 Å². The molecule has 1 unspecified atom stereocenters. The smallest absolute Gasteiger partial charge is 0.310 e. The first-order valence-corrected chi connectivity index (χ1v) is 7.39. The van der Waals surface area contributed by atoms with Gasteiger partial charge in [-0.05, 0) is 31.2 Å². The van der Waals surface area contributed by atoms with Crippen molar-refractivity contribution in [3.63, 3.8) is 0 Å². The highest BCUT2D eigenvalue weighted by molar-refractivity contribution is 7.09. The average molecular weight is 292 g/mol. The van der Waals surface area contributed by atoms with E-state index in [2.05, 4.69) is 5.32 Å². The molecule has 1 heterocycles. The van der Waals surface area contributed by atoms with E-state index in [0.717, 1.165) is 19.4 Å². The molecule has 2 rings (SSSR count). The molecule has 0 spiro atoms. The minimum atomic E-state index is -4.11. The van der Waals surface area contributed by atoms with Gasteiger partial charge in [0.25, 0.3) is 0 Å². The van der Waals surface area contributed by atoms with Crippen LogP contribution in [-0.2, 0) is 6.54 Å². The van der Waals surface area contributed by atoms with Crippen LogP contribution in [0.5, 0.6) is 0 Å². The summed E-state index contributed by atoms with van der Waals surface area (Å²) in [6.45, 7) is 2.39. The molecule has 0 bridgehead atoms. The van der Waals surface area contributed by atoms with Gasteiger partial charge < -0.3 is 5.32 Å². The summed E-state index contributed by atoms with van der Waals surface area (Å²) in [5.41, 5.74) is 0. The van der Waals surface area contributed by atoms with Crippen LogP contribution >= 0.6 is 11.3 Å². The second kappa shape index (κ2) is 6.24. The molecule has 1 N–H and O–H groups in total. The minimum Gasteiger partial charge on any atom is -0.310 e. The van der Waals surface area contributed by atoms with E-state index in [-0.39, 0.29) is 12.1 Å². The molecule has 1 fully saturated rings. The lowest BCUT2D eigenvalue weighted by atomic mass is 10.2. The van der Waals surface area contributed by atoms with Gasteiger partial charge in [0, 0.05) is 30.1 Å². The predicted octanol–water partition coefficient (Wildman–Crippen LogP) is 3.25. The van der Waals surface area contributed by atoms with Crippen molar-refractivity contribution in [2.45, 2.75) is 44.6 Å². The lowest BCUT2D eigenvalue weighted by Gasteiger charge is -2.30. The van der Waals surface area contributed by atoms with Crippen LogP contribution in [0.25, 0.3) is 0 Å². The van der Waals surface area contributed by atoms with Crippen LogP contribution in [0.15, 0.2) is 17.5 Å². The Morgan fingerprint density at radius 2 is 2.21 bits per heavy atom. The van der Waals surface area contributed by atoms with Crippen LogP contribution < -0.4 is 5.32 Å². The lowest BCUT2D eigenvalue weighted by molar-refractivity contribution is -0.151. The third-order valence-corrected chi connectivity index (χ3v) is 4.14. The van der Waals surface area contributed by atoms with E-state index in [0.29, 0.717) is 6.54 Å². The molecule has 1 aliphatic carbocycles. The molecule has 108 valence electrons. The van der Waals surface area contributed by atoms with Crippen LogP contribution in [0.2, 0.25) is 0 Å². The molecule has 0 amide bonds. The minimum absolute atomic E-state index is 0.0888. The molecule has 1 aliphatic rings. The molecular weight excluding hydrogens is 273 g/mol. The molecule has 0 radical (unpaired) electrons. The maximum Gasteiger partial charge on any atom is 0.401 e. The fourth-order valence-electron chi connectivity index (χ4n) is 2.19. The number of nitrogens with zero attached hydrogens (tertiary/aromatic N) is 1. The molecular formula is C13H19F3N2S. The number of hydrogen-bond donors (Lipinski definition) is 1. The Bertz CT molecular complexity index is 374. The Hall–Kier alpha value is -0.590. The van der Waals surface area contributed by atoms with E-state index >= 15 is 0 Å². The zero-order valence-electron chi connectivity index (χ0n) is 10.9. The van der Waals surface area contributed by atoms with Crippen LogP contribution in [0.1, 0.15) is 24.6 Å². The van der Waals surface area contributed by atoms with E-state index in [4.69, 9.17) is 0 Å². The highest BCUT2D eigenvalue weighted by Crippen LogP contribution is 2.31. The second-order valence-corrected chi connectivity index (χ2v) is 6.11. The first kappa shape index (κ1) is 14.8. The highest BCUT2D eigenvalue weighted by Gasteiger charge is 2.39. The van der Waals surface area contributed by atoms with Gasteiger partial charge in [0.1, 0.15) is 0 Å². The summed E-state index contributed by atoms with van der Waals surface area (Å²) in [5, 5.41) is 5.24. The van der Waals surface area contributed by atoms with Crippen molar-refractivity contribution in [3.8, 4) is 0 Å². The SMILES string of the molecule is CC(CNCc1cccs1)N(CC(F)(F)F)C1CC1. The van der Waals surface area contributed by atoms with Crippen molar-refractivity contribution in [3.05, 3.63) is 22.4 Å². The number of halogens is 3. The topological polar surface area (TPSA) is 15.3 Å². The molecule has 0 saturated heterocycles. The van der Waals surface area contributed by atoms with Crippen molar-refractivity contribution < 1.29 is 13.2 Å². The predicted molar refractivity (Wildman–Crippen MR) is 71.3 cm³/mol. The number of nitrogens with one attached hydrogen (secondary N) is 1. The van der Waals surface area contributed by atoms with Gasteiger partial charge in [0.05, 0.1) is 6.54 Å². The lowest BCUT2D eigenvalue weighted by Crippen LogP contribution is -2.46. The van der Waals surface area contributed by atoms with Crippen LogP contribution in [0, 0.1) is 0 Å². The van der Waals surface area contributed by atoms with Crippen molar-refractivity contribution in [2.24, 2.45) is 0 Å². The summed E-state index contributed by atoms with van der Waals surface area (Å²) in [5.74, 6) is 0. The van der Waals surface area contributed by atoms with E-state index in [1.807, 2.05) is 24.4 Å². The quantitative estimate of drug-likeness (QED) is 0.830. The molecule has 2 nitrogen and oxygen atoms in total. The van der Waals surface area contributed by atoms with Gasteiger partial charge in [-0.3, -0.25) is 4.90 Å². The Kier molecular flexibility index (Phi) is 4.86. The van der Waals surface area contributed by atoms with Gasteiger partial charge in [-0.15, -0.1) is 11.3 Å². The maximum atomic E-state index is 12.5. The Balaban J connectivity index is 1.77. The number of rotatable bonds is 7. The molecule has 6 heteroatoms. The average Bonchev–Trinajstić information content (AvgIpc) is 3.03. The summed E-state index contributed by atoms with van der Waals surface area (Å²) < 4.78 is 37.6. The fourth-order valence-corrected chi connectivity index (χ4v) is 2.87. The van der Waals surface area contributed by atoms with E-state index in [1.54, 1.807) is 16.2 Å². The van der Waals surface area contributed by atoms with Crippen molar-refractivity contribution in [1.82, 2.24) is 10.2 Å². The molecule has 19 heavy (non-hydrogen) atoms. The number of hydrogen-bond acceptors (Lipinski definition) is 3. The zero-order valence-corrected chi connectivity index (χ0v) is 11.7. The van der Waals surface area contributed by atoms with E-state index < -0.39 is 12.7 Å². The summed E-state index contributed by atoms with van der Waals surface area (Å²) in [6, 6.07) is 4.04. The molecule has 0 aliphatic heterocycles. The maximum absolute atomic E-state index is 12.5. The summed E-state index contributed by atoms with van der Waals surface area (Å²) >= 11 is 1.66. The van der Waals surface area contributed by atoms with Crippen molar-refractivity contribution in [2.75, 3.05) is 13.1 Å². The van der Waals surface area contributed by atoms with Gasteiger partial charge in [0.2, 0.25) is 0 Å². The first-order chi connectivity index (χ1) is 8.96. The fraction of sp³-hybridized carbons (Fsp3) is 0.692. The first-order valence-electron chi connectivity index (χ1n) is 6.51. The standard InChI is InChI=1S/C13H19F3N2S/c1-10(7-17-8-12-3-2-6-19-12)18(11-4-5-11)9-13(14,15)16/h2-3,6,10-11,17H,4-5,7-9H2,1H3. The van der Waals surface area contributed by atoms with Crippen LogP contribution in [0.3, 0.4) is 0 Å². The van der Waals surface area contributed by atoms with Gasteiger partial charge in [-0.2, -0.15) is 13.2 Å². The monoisotopic (exact) mass is 292 g/mol. The summed E-state index contributed by atoms with van der Waals surface area (Å²) in [6.07, 6.45) is -2.32. The summed E-state index contributed by atoms with van der Waals surface area (Å²) in [7, 11) is 0. The number of alkyl halides is 3. The van der Waals surface area contributed by atoms with Gasteiger partial charge in [-0.25, -0.2) is 0 Å². The third-order valence-electron chi connectivity index (χ3n) is 3.26. The van der Waals surface area contributed by atoms with Crippen LogP contribution in [-0.4, -0.2) is 36.2 Å². The Morgan fingerprint density at radius 3 is 2.74 bits per heavy atom. The van der Waals surface area contributed by atoms with Gasteiger partial charge in [-0.1, -0.05) is 6.07 Å². The summed E-state index contributed by atoms with van der Waals surface area (Å²) in [4.78, 5) is 2.79. The van der Waals surface area contributed by atoms with E-state index in [1.165, 1.54) is 4.88 Å². The number of thiophene rings is 1. The van der Waals surface area contributed by atoms with Crippen molar-refractivity contribution >= 4 is 11.3 Å². The highest BCUT2D eigenvalue weighted by atomic mass is 32.1. The molecule has 0 aromatic carbocycles. The Morgan fingerprint density at radius 1 is 1.47 bits per heavy atom. The zero-order chi connectivity index (χ0) is 13.9. The second-order valence-electron chi connectivity index (χ2n) is 5.08. The normalized spacial score (nSPS) is 17.9. The molecule has 1 atom stereocenters. The Labute approximate surface area is 115 Å². The largest absolute Gasteiger partial charge is 0.401 e. The molecule has 1 aromatic heterocycles. The van der Waals surface area contributed by atoms with E-state index in [9.17, 15) is 13.2 Å². The van der Waals surface area contributed by atoms with Gasteiger partial charge in [0.15, 0.2) is 0 Å². The third kappa shape index (κ3) is 5.12. The molecule has 1 aromatic rings.